The van der Waals surface area contributed by atoms with Crippen LogP contribution >= 0.6 is 11.3 Å². The highest BCUT2D eigenvalue weighted by molar-refractivity contribution is 7.14. The maximum absolute atomic E-state index is 13.7. The summed E-state index contributed by atoms with van der Waals surface area (Å²) in [6.07, 6.45) is 2.95. The highest BCUT2D eigenvalue weighted by Crippen LogP contribution is 2.18. The van der Waals surface area contributed by atoms with E-state index in [4.69, 9.17) is 4.74 Å². The first-order valence-corrected chi connectivity index (χ1v) is 11.4. The summed E-state index contributed by atoms with van der Waals surface area (Å²) >= 11 is 1.19. The number of thiazole rings is 1. The highest BCUT2D eigenvalue weighted by atomic mass is 32.1. The quantitative estimate of drug-likeness (QED) is 0.414. The third-order valence-electron chi connectivity index (χ3n) is 4.66. The van der Waals surface area contributed by atoms with Gasteiger partial charge in [0, 0.05) is 11.9 Å². The topological polar surface area (TPSA) is 80.3 Å². The summed E-state index contributed by atoms with van der Waals surface area (Å²) in [6, 6.07) is 13.6. The van der Waals surface area contributed by atoms with E-state index in [1.165, 1.54) is 29.5 Å². The zero-order chi connectivity index (χ0) is 22.8. The summed E-state index contributed by atoms with van der Waals surface area (Å²) < 4.78 is 19.4. The Hall–Kier alpha value is -3.26. The second-order valence-corrected chi connectivity index (χ2v) is 8.06. The molecule has 0 spiro atoms. The van der Waals surface area contributed by atoms with Crippen molar-refractivity contribution in [2.75, 3.05) is 18.5 Å². The summed E-state index contributed by atoms with van der Waals surface area (Å²) in [7, 11) is 0. The Morgan fingerprint density at radius 3 is 2.66 bits per heavy atom. The number of carbonyl (C=O) groups excluding carboxylic acids is 2. The standard InChI is InChI=1S/C24H26FN3O3S/c1-2-3-14-31-19-10-8-17(9-11-19)12-13-26-22(29)15-18-16-32-24(27-18)28-23(30)20-6-4-5-7-21(20)25/h4-11,16H,2-3,12-15H2,1H3,(H,26,29)(H,27,28,30). The van der Waals surface area contributed by atoms with Crippen molar-refractivity contribution >= 4 is 28.3 Å². The molecule has 1 heterocycles. The molecule has 32 heavy (non-hydrogen) atoms. The number of aromatic nitrogens is 1. The monoisotopic (exact) mass is 455 g/mol. The minimum absolute atomic E-state index is 0.0532. The molecule has 2 N–H and O–H groups in total. The first-order chi connectivity index (χ1) is 15.5. The lowest BCUT2D eigenvalue weighted by Crippen LogP contribution is -2.27. The van der Waals surface area contributed by atoms with Crippen molar-refractivity contribution in [2.24, 2.45) is 0 Å². The summed E-state index contributed by atoms with van der Waals surface area (Å²) in [4.78, 5) is 28.6. The van der Waals surface area contributed by atoms with E-state index in [0.29, 0.717) is 23.8 Å². The molecule has 3 rings (SSSR count). The number of amides is 2. The van der Waals surface area contributed by atoms with E-state index in [0.717, 1.165) is 30.8 Å². The normalized spacial score (nSPS) is 10.6. The van der Waals surface area contributed by atoms with Crippen LogP contribution in [0.25, 0.3) is 0 Å². The number of hydrogen-bond acceptors (Lipinski definition) is 5. The molecule has 3 aromatic rings. The van der Waals surface area contributed by atoms with Gasteiger partial charge in [0.1, 0.15) is 11.6 Å². The Morgan fingerprint density at radius 2 is 1.91 bits per heavy atom. The largest absolute Gasteiger partial charge is 0.494 e. The van der Waals surface area contributed by atoms with Gasteiger partial charge in [0.2, 0.25) is 5.91 Å². The van der Waals surface area contributed by atoms with Crippen LogP contribution < -0.4 is 15.4 Å². The average molecular weight is 456 g/mol. The van der Waals surface area contributed by atoms with Gasteiger partial charge in [0.15, 0.2) is 5.13 Å². The number of nitrogens with zero attached hydrogens (tertiary/aromatic N) is 1. The van der Waals surface area contributed by atoms with E-state index in [9.17, 15) is 14.0 Å². The zero-order valence-electron chi connectivity index (χ0n) is 17.9. The molecule has 1 aromatic heterocycles. The minimum Gasteiger partial charge on any atom is -0.494 e. The van der Waals surface area contributed by atoms with Crippen molar-refractivity contribution in [3.63, 3.8) is 0 Å². The van der Waals surface area contributed by atoms with Gasteiger partial charge >= 0.3 is 0 Å². The molecule has 2 amide bonds. The van der Waals surface area contributed by atoms with Crippen molar-refractivity contribution in [3.05, 3.63) is 76.5 Å². The molecule has 0 aliphatic heterocycles. The summed E-state index contributed by atoms with van der Waals surface area (Å²) in [5.74, 6) is -0.468. The van der Waals surface area contributed by atoms with Gasteiger partial charge in [-0.3, -0.25) is 14.9 Å². The van der Waals surface area contributed by atoms with E-state index in [2.05, 4.69) is 22.5 Å². The molecule has 168 valence electrons. The summed E-state index contributed by atoms with van der Waals surface area (Å²) in [5.41, 5.74) is 1.60. The lowest BCUT2D eigenvalue weighted by molar-refractivity contribution is -0.120. The second-order valence-electron chi connectivity index (χ2n) is 7.20. The summed E-state index contributed by atoms with van der Waals surface area (Å²) in [5, 5.41) is 7.47. The minimum atomic E-state index is -0.597. The van der Waals surface area contributed by atoms with Crippen molar-refractivity contribution in [1.29, 1.82) is 0 Å². The van der Waals surface area contributed by atoms with Crippen molar-refractivity contribution in [3.8, 4) is 5.75 Å². The van der Waals surface area contributed by atoms with E-state index < -0.39 is 11.7 Å². The third-order valence-corrected chi connectivity index (χ3v) is 5.46. The fraction of sp³-hybridized carbons (Fsp3) is 0.292. The Labute approximate surface area is 190 Å². The maximum Gasteiger partial charge on any atom is 0.260 e. The van der Waals surface area contributed by atoms with Gasteiger partial charge in [0.25, 0.3) is 5.91 Å². The number of unbranched alkanes of at least 4 members (excludes halogenated alkanes) is 1. The zero-order valence-corrected chi connectivity index (χ0v) is 18.7. The van der Waals surface area contributed by atoms with Crippen molar-refractivity contribution in [1.82, 2.24) is 10.3 Å². The van der Waals surface area contributed by atoms with Gasteiger partial charge < -0.3 is 10.1 Å². The third kappa shape index (κ3) is 7.16. The molecule has 0 atom stereocenters. The van der Waals surface area contributed by atoms with Crippen LogP contribution in [0.3, 0.4) is 0 Å². The number of rotatable bonds is 11. The van der Waals surface area contributed by atoms with E-state index in [1.54, 1.807) is 11.4 Å². The SMILES string of the molecule is CCCCOc1ccc(CCNC(=O)Cc2csc(NC(=O)c3ccccc3F)n2)cc1. The van der Waals surface area contributed by atoms with E-state index in [-0.39, 0.29) is 17.9 Å². The van der Waals surface area contributed by atoms with Crippen molar-refractivity contribution in [2.45, 2.75) is 32.6 Å². The second kappa shape index (κ2) is 12.0. The van der Waals surface area contributed by atoms with Gasteiger partial charge in [-0.25, -0.2) is 9.37 Å². The van der Waals surface area contributed by atoms with E-state index in [1.807, 2.05) is 24.3 Å². The van der Waals surface area contributed by atoms with Crippen molar-refractivity contribution < 1.29 is 18.7 Å². The molecular weight excluding hydrogens is 429 g/mol. The van der Waals surface area contributed by atoms with Crippen LogP contribution in [0.1, 0.15) is 41.4 Å². The molecule has 0 fully saturated rings. The number of carbonyl (C=O) groups is 2. The lowest BCUT2D eigenvalue weighted by Gasteiger charge is -2.07. The molecule has 0 aliphatic rings. The Kier molecular flexibility index (Phi) is 8.74. The summed E-state index contributed by atoms with van der Waals surface area (Å²) in [6.45, 7) is 3.35. The predicted molar refractivity (Wildman–Crippen MR) is 124 cm³/mol. The molecule has 0 aliphatic carbocycles. The Bertz CT molecular complexity index is 1040. The smallest absolute Gasteiger partial charge is 0.260 e. The number of anilines is 1. The van der Waals surface area contributed by atoms with Gasteiger partial charge in [-0.1, -0.05) is 37.6 Å². The molecule has 0 radical (unpaired) electrons. The van der Waals surface area contributed by atoms with Crippen LogP contribution in [0, 0.1) is 5.82 Å². The fourth-order valence-electron chi connectivity index (χ4n) is 2.92. The van der Waals surface area contributed by atoms with Gasteiger partial charge in [-0.15, -0.1) is 11.3 Å². The van der Waals surface area contributed by atoms with Gasteiger partial charge in [-0.05, 0) is 42.7 Å². The number of benzene rings is 2. The van der Waals surface area contributed by atoms with E-state index >= 15 is 0 Å². The first kappa shape index (κ1) is 23.4. The average Bonchev–Trinajstić information content (AvgIpc) is 3.21. The van der Waals surface area contributed by atoms with Crippen LogP contribution in [-0.4, -0.2) is 29.9 Å². The number of nitrogens with one attached hydrogen (secondary N) is 2. The Balaban J connectivity index is 1.40. The van der Waals surface area contributed by atoms with Gasteiger partial charge in [-0.2, -0.15) is 0 Å². The maximum atomic E-state index is 13.7. The molecule has 0 bridgehead atoms. The Morgan fingerprint density at radius 1 is 1.12 bits per heavy atom. The fourth-order valence-corrected chi connectivity index (χ4v) is 3.62. The molecule has 0 saturated heterocycles. The molecule has 0 saturated carbocycles. The molecule has 8 heteroatoms. The van der Waals surface area contributed by atoms with Crippen LogP contribution in [-0.2, 0) is 17.6 Å². The number of hydrogen-bond donors (Lipinski definition) is 2. The first-order valence-electron chi connectivity index (χ1n) is 10.5. The number of halogens is 1. The van der Waals surface area contributed by atoms with Gasteiger partial charge in [0.05, 0.1) is 24.3 Å². The molecular formula is C24H26FN3O3S. The number of ether oxygens (including phenoxy) is 1. The van der Waals surface area contributed by atoms with Crippen LogP contribution in [0.15, 0.2) is 53.9 Å². The van der Waals surface area contributed by atoms with Crippen LogP contribution in [0.2, 0.25) is 0 Å². The highest BCUT2D eigenvalue weighted by Gasteiger charge is 2.14. The lowest BCUT2D eigenvalue weighted by atomic mass is 10.1. The molecule has 6 nitrogen and oxygen atoms in total. The molecule has 2 aromatic carbocycles. The van der Waals surface area contributed by atoms with Crippen LogP contribution in [0.5, 0.6) is 5.75 Å². The molecule has 0 unspecified atom stereocenters. The predicted octanol–water partition coefficient (Wildman–Crippen LogP) is 4.61. The van der Waals surface area contributed by atoms with Crippen LogP contribution in [0.4, 0.5) is 9.52 Å².